The van der Waals surface area contributed by atoms with E-state index in [0.29, 0.717) is 11.3 Å². The topological polar surface area (TPSA) is 67.4 Å². The highest BCUT2D eigenvalue weighted by Crippen LogP contribution is 2.25. The van der Waals surface area contributed by atoms with Crippen molar-refractivity contribution in [1.82, 2.24) is 10.9 Å². The number of rotatable bonds is 4. The molecule has 5 nitrogen and oxygen atoms in total. The normalized spacial score (nSPS) is 15.2. The summed E-state index contributed by atoms with van der Waals surface area (Å²) in [5.74, 6) is 0.0347. The molecule has 1 fully saturated rings. The van der Waals surface area contributed by atoms with Gasteiger partial charge in [-0.25, -0.2) is 0 Å². The molecule has 1 aliphatic rings. The van der Waals surface area contributed by atoms with Crippen LogP contribution in [-0.2, 0) is 4.79 Å². The van der Waals surface area contributed by atoms with Crippen LogP contribution in [0.1, 0.15) is 42.5 Å². The Balaban J connectivity index is 1.95. The van der Waals surface area contributed by atoms with Crippen molar-refractivity contribution in [2.24, 2.45) is 5.92 Å². The van der Waals surface area contributed by atoms with Crippen molar-refractivity contribution in [3.63, 3.8) is 0 Å². The van der Waals surface area contributed by atoms with Crippen molar-refractivity contribution in [3.8, 4) is 5.75 Å². The number of hydrogen-bond donors (Lipinski definition) is 2. The molecule has 0 atom stereocenters. The highest BCUT2D eigenvalue weighted by atomic mass is 32.2. The summed E-state index contributed by atoms with van der Waals surface area (Å²) in [6.45, 7) is 0. The number of ether oxygens (including phenoxy) is 1. The van der Waals surface area contributed by atoms with E-state index in [1.165, 1.54) is 13.5 Å². The van der Waals surface area contributed by atoms with Crippen LogP contribution in [-0.4, -0.2) is 25.2 Å². The first-order valence-corrected chi connectivity index (χ1v) is 8.70. The Kier molecular flexibility index (Phi) is 6.12. The minimum atomic E-state index is -0.367. The van der Waals surface area contributed by atoms with Gasteiger partial charge in [0.25, 0.3) is 5.91 Å². The number of hydrazine groups is 1. The van der Waals surface area contributed by atoms with E-state index in [-0.39, 0.29) is 17.7 Å². The molecule has 1 aromatic carbocycles. The second kappa shape index (κ2) is 8.08. The van der Waals surface area contributed by atoms with E-state index in [1.54, 1.807) is 17.8 Å². The first-order chi connectivity index (χ1) is 10.7. The minimum Gasteiger partial charge on any atom is -0.496 e. The molecule has 22 heavy (non-hydrogen) atoms. The zero-order valence-electron chi connectivity index (χ0n) is 13.0. The number of nitrogens with one attached hydrogen (secondary N) is 2. The fourth-order valence-electron chi connectivity index (χ4n) is 2.64. The number of hydrogen-bond acceptors (Lipinski definition) is 4. The van der Waals surface area contributed by atoms with Crippen molar-refractivity contribution in [1.29, 1.82) is 0 Å². The third-order valence-corrected chi connectivity index (χ3v) is 4.65. The maximum atomic E-state index is 12.2. The molecule has 1 aromatic rings. The predicted molar refractivity (Wildman–Crippen MR) is 87.0 cm³/mol. The fourth-order valence-corrected chi connectivity index (χ4v) is 3.07. The van der Waals surface area contributed by atoms with Gasteiger partial charge in [0, 0.05) is 10.8 Å². The summed E-state index contributed by atoms with van der Waals surface area (Å²) >= 11 is 1.57. The number of amides is 2. The molecule has 6 heteroatoms. The molecular weight excluding hydrogens is 300 g/mol. The monoisotopic (exact) mass is 322 g/mol. The summed E-state index contributed by atoms with van der Waals surface area (Å²) in [4.78, 5) is 25.2. The van der Waals surface area contributed by atoms with Crippen molar-refractivity contribution < 1.29 is 14.3 Å². The standard InChI is InChI=1S/C16H22N2O3S/c1-21-14-10-12(22-2)8-9-13(14)16(20)18-17-15(19)11-6-4-3-5-7-11/h8-11H,3-7H2,1-2H3,(H,17,19)(H,18,20). The van der Waals surface area contributed by atoms with E-state index in [0.717, 1.165) is 30.6 Å². The molecule has 0 radical (unpaired) electrons. The van der Waals surface area contributed by atoms with Gasteiger partial charge >= 0.3 is 0 Å². The average Bonchev–Trinajstić information content (AvgIpc) is 2.59. The van der Waals surface area contributed by atoms with Crippen molar-refractivity contribution in [3.05, 3.63) is 23.8 Å². The summed E-state index contributed by atoms with van der Waals surface area (Å²) in [6.07, 6.45) is 7.10. The summed E-state index contributed by atoms with van der Waals surface area (Å²) < 4.78 is 5.25. The van der Waals surface area contributed by atoms with E-state index in [4.69, 9.17) is 4.74 Å². The van der Waals surface area contributed by atoms with Gasteiger partial charge in [-0.05, 0) is 37.3 Å². The van der Waals surface area contributed by atoms with E-state index >= 15 is 0 Å². The van der Waals surface area contributed by atoms with Crippen LogP contribution in [0.5, 0.6) is 5.75 Å². The van der Waals surface area contributed by atoms with E-state index < -0.39 is 0 Å². The third kappa shape index (κ3) is 4.16. The van der Waals surface area contributed by atoms with Gasteiger partial charge in [0.15, 0.2) is 0 Å². The van der Waals surface area contributed by atoms with Gasteiger partial charge in [0.2, 0.25) is 5.91 Å². The fraction of sp³-hybridized carbons (Fsp3) is 0.500. The van der Waals surface area contributed by atoms with E-state index in [1.807, 2.05) is 18.4 Å². The lowest BCUT2D eigenvalue weighted by atomic mass is 9.89. The molecule has 0 bridgehead atoms. The lowest BCUT2D eigenvalue weighted by Crippen LogP contribution is -2.45. The molecule has 1 aliphatic carbocycles. The molecule has 0 heterocycles. The maximum absolute atomic E-state index is 12.2. The van der Waals surface area contributed by atoms with Crippen LogP contribution in [0.4, 0.5) is 0 Å². The first-order valence-electron chi connectivity index (χ1n) is 7.48. The van der Waals surface area contributed by atoms with Crippen molar-refractivity contribution in [2.45, 2.75) is 37.0 Å². The highest BCUT2D eigenvalue weighted by Gasteiger charge is 2.22. The number of carbonyl (C=O) groups excluding carboxylic acids is 2. The van der Waals surface area contributed by atoms with E-state index in [9.17, 15) is 9.59 Å². The Morgan fingerprint density at radius 1 is 1.18 bits per heavy atom. The molecule has 0 aromatic heterocycles. The summed E-state index contributed by atoms with van der Waals surface area (Å²) in [5, 5.41) is 0. The smallest absolute Gasteiger partial charge is 0.273 e. The van der Waals surface area contributed by atoms with Gasteiger partial charge in [0.05, 0.1) is 12.7 Å². The van der Waals surface area contributed by atoms with E-state index in [2.05, 4.69) is 10.9 Å². The lowest BCUT2D eigenvalue weighted by Gasteiger charge is -2.21. The second-order valence-electron chi connectivity index (χ2n) is 5.34. The number of carbonyl (C=O) groups is 2. The Bertz CT molecular complexity index is 542. The van der Waals surface area contributed by atoms with Crippen LogP contribution in [0.25, 0.3) is 0 Å². The van der Waals surface area contributed by atoms with Crippen molar-refractivity contribution in [2.75, 3.05) is 13.4 Å². The average molecular weight is 322 g/mol. The molecule has 120 valence electrons. The van der Waals surface area contributed by atoms with Crippen LogP contribution in [0.3, 0.4) is 0 Å². The Labute approximate surface area is 135 Å². The Morgan fingerprint density at radius 3 is 2.55 bits per heavy atom. The van der Waals surface area contributed by atoms with Crippen molar-refractivity contribution >= 4 is 23.6 Å². The molecule has 0 saturated heterocycles. The minimum absolute atomic E-state index is 0.00909. The van der Waals surface area contributed by atoms with Gasteiger partial charge < -0.3 is 4.74 Å². The van der Waals surface area contributed by atoms with Crippen LogP contribution < -0.4 is 15.6 Å². The number of thioether (sulfide) groups is 1. The van der Waals surface area contributed by atoms with Gasteiger partial charge in [0.1, 0.15) is 5.75 Å². The quantitative estimate of drug-likeness (QED) is 0.661. The third-order valence-electron chi connectivity index (χ3n) is 3.93. The molecule has 2 rings (SSSR count). The largest absolute Gasteiger partial charge is 0.496 e. The van der Waals surface area contributed by atoms with Gasteiger partial charge in [-0.1, -0.05) is 19.3 Å². The number of methoxy groups -OCH3 is 1. The predicted octanol–water partition coefficient (Wildman–Crippen LogP) is 2.76. The van der Waals surface area contributed by atoms with Crippen LogP contribution in [0, 0.1) is 5.92 Å². The van der Waals surface area contributed by atoms with Crippen LogP contribution >= 0.6 is 11.8 Å². The molecule has 1 saturated carbocycles. The molecule has 0 aliphatic heterocycles. The zero-order chi connectivity index (χ0) is 15.9. The zero-order valence-corrected chi connectivity index (χ0v) is 13.8. The Morgan fingerprint density at radius 2 is 1.91 bits per heavy atom. The lowest BCUT2D eigenvalue weighted by molar-refractivity contribution is -0.126. The first kappa shape index (κ1) is 16.7. The molecule has 2 amide bonds. The molecule has 2 N–H and O–H groups in total. The summed E-state index contributed by atoms with van der Waals surface area (Å²) in [6, 6.07) is 5.36. The summed E-state index contributed by atoms with van der Waals surface area (Å²) in [5.41, 5.74) is 5.42. The summed E-state index contributed by atoms with van der Waals surface area (Å²) in [7, 11) is 1.52. The van der Waals surface area contributed by atoms with Crippen LogP contribution in [0.2, 0.25) is 0 Å². The van der Waals surface area contributed by atoms with Gasteiger partial charge in [-0.2, -0.15) is 0 Å². The van der Waals surface area contributed by atoms with Gasteiger partial charge in [-0.3, -0.25) is 20.4 Å². The molecular formula is C16H22N2O3S. The van der Waals surface area contributed by atoms with Crippen LogP contribution in [0.15, 0.2) is 23.1 Å². The van der Waals surface area contributed by atoms with Gasteiger partial charge in [-0.15, -0.1) is 11.8 Å². The Hall–Kier alpha value is -1.69. The highest BCUT2D eigenvalue weighted by molar-refractivity contribution is 7.98. The second-order valence-corrected chi connectivity index (χ2v) is 6.22. The maximum Gasteiger partial charge on any atom is 0.273 e. The molecule has 0 spiro atoms. The SMILES string of the molecule is COc1cc(SC)ccc1C(=O)NNC(=O)C1CCCCC1. The molecule has 0 unspecified atom stereocenters. The number of benzene rings is 1.